The Morgan fingerprint density at radius 3 is 2.47 bits per heavy atom. The standard InChI is InChI=1S/C15H15ClFNO/c1-2-18(14-6-4-13(17)5-7-14)10-11-9-12(16)3-8-15(11)19/h3-9,19H,2,10H2,1H3. The lowest BCUT2D eigenvalue weighted by Crippen LogP contribution is -2.21. The number of nitrogens with zero attached hydrogens (tertiary/aromatic N) is 1. The number of aromatic hydroxyl groups is 1. The lowest BCUT2D eigenvalue weighted by Gasteiger charge is -2.23. The maximum Gasteiger partial charge on any atom is 0.123 e. The normalized spacial score (nSPS) is 10.5. The van der Waals surface area contributed by atoms with Crippen molar-refractivity contribution in [2.24, 2.45) is 0 Å². The van der Waals surface area contributed by atoms with Crippen LogP contribution in [0, 0.1) is 5.82 Å². The SMILES string of the molecule is CCN(Cc1cc(Cl)ccc1O)c1ccc(F)cc1. The molecule has 2 nitrogen and oxygen atoms in total. The minimum atomic E-state index is -0.259. The van der Waals surface area contributed by atoms with Crippen molar-refractivity contribution < 1.29 is 9.50 Å². The van der Waals surface area contributed by atoms with Gasteiger partial charge in [0.15, 0.2) is 0 Å². The van der Waals surface area contributed by atoms with E-state index in [9.17, 15) is 9.50 Å². The summed E-state index contributed by atoms with van der Waals surface area (Å²) in [6, 6.07) is 11.3. The molecule has 0 radical (unpaired) electrons. The van der Waals surface area contributed by atoms with Gasteiger partial charge in [0, 0.05) is 29.4 Å². The maximum absolute atomic E-state index is 12.9. The van der Waals surface area contributed by atoms with Crippen LogP contribution in [0.25, 0.3) is 0 Å². The van der Waals surface area contributed by atoms with E-state index in [1.807, 2.05) is 11.8 Å². The molecule has 0 aliphatic heterocycles. The van der Waals surface area contributed by atoms with Crippen LogP contribution in [-0.2, 0) is 6.54 Å². The highest BCUT2D eigenvalue weighted by Crippen LogP contribution is 2.25. The van der Waals surface area contributed by atoms with Crippen LogP contribution >= 0.6 is 11.6 Å². The third-order valence-corrected chi connectivity index (χ3v) is 3.21. The minimum Gasteiger partial charge on any atom is -0.508 e. The number of anilines is 1. The monoisotopic (exact) mass is 279 g/mol. The van der Waals surface area contributed by atoms with Gasteiger partial charge in [-0.3, -0.25) is 0 Å². The van der Waals surface area contributed by atoms with Gasteiger partial charge in [0.05, 0.1) is 0 Å². The van der Waals surface area contributed by atoms with E-state index >= 15 is 0 Å². The summed E-state index contributed by atoms with van der Waals surface area (Å²) in [4.78, 5) is 2.03. The molecule has 0 unspecified atom stereocenters. The van der Waals surface area contributed by atoms with Gasteiger partial charge in [-0.05, 0) is 49.4 Å². The summed E-state index contributed by atoms with van der Waals surface area (Å²) in [7, 11) is 0. The van der Waals surface area contributed by atoms with Gasteiger partial charge in [-0.15, -0.1) is 0 Å². The highest BCUT2D eigenvalue weighted by Gasteiger charge is 2.09. The average Bonchev–Trinajstić information content (AvgIpc) is 2.41. The van der Waals surface area contributed by atoms with Gasteiger partial charge < -0.3 is 10.0 Å². The van der Waals surface area contributed by atoms with Crippen LogP contribution in [0.1, 0.15) is 12.5 Å². The van der Waals surface area contributed by atoms with Crippen molar-refractivity contribution in [1.82, 2.24) is 0 Å². The van der Waals surface area contributed by atoms with Gasteiger partial charge in [-0.25, -0.2) is 4.39 Å². The van der Waals surface area contributed by atoms with Gasteiger partial charge in [-0.2, -0.15) is 0 Å². The van der Waals surface area contributed by atoms with E-state index < -0.39 is 0 Å². The third kappa shape index (κ3) is 3.38. The van der Waals surface area contributed by atoms with E-state index in [-0.39, 0.29) is 11.6 Å². The minimum absolute atomic E-state index is 0.213. The molecule has 2 aromatic rings. The highest BCUT2D eigenvalue weighted by molar-refractivity contribution is 6.30. The molecule has 0 bridgehead atoms. The van der Waals surface area contributed by atoms with Crippen molar-refractivity contribution in [3.63, 3.8) is 0 Å². The highest BCUT2D eigenvalue weighted by atomic mass is 35.5. The Morgan fingerprint density at radius 1 is 1.16 bits per heavy atom. The molecule has 100 valence electrons. The first kappa shape index (κ1) is 13.7. The van der Waals surface area contributed by atoms with Crippen LogP contribution in [0.4, 0.5) is 10.1 Å². The van der Waals surface area contributed by atoms with Gasteiger partial charge in [0.2, 0.25) is 0 Å². The van der Waals surface area contributed by atoms with E-state index in [1.165, 1.54) is 12.1 Å². The molecule has 0 heterocycles. The van der Waals surface area contributed by atoms with E-state index in [2.05, 4.69) is 0 Å². The second-order valence-corrected chi connectivity index (χ2v) is 4.70. The number of rotatable bonds is 4. The summed E-state index contributed by atoms with van der Waals surface area (Å²) in [5, 5.41) is 10.4. The number of hydrogen-bond donors (Lipinski definition) is 1. The van der Waals surface area contributed by atoms with Crippen molar-refractivity contribution in [1.29, 1.82) is 0 Å². The summed E-state index contributed by atoms with van der Waals surface area (Å²) < 4.78 is 12.9. The molecule has 0 fully saturated rings. The van der Waals surface area contributed by atoms with Crippen molar-refractivity contribution >= 4 is 17.3 Å². The molecular formula is C15H15ClFNO. The molecule has 4 heteroatoms. The van der Waals surface area contributed by atoms with Crippen LogP contribution in [0.5, 0.6) is 5.75 Å². The Morgan fingerprint density at radius 2 is 1.84 bits per heavy atom. The Hall–Kier alpha value is -1.74. The van der Waals surface area contributed by atoms with Crippen molar-refractivity contribution in [2.45, 2.75) is 13.5 Å². The Bertz CT molecular complexity index is 557. The van der Waals surface area contributed by atoms with E-state index in [1.54, 1.807) is 30.3 Å². The van der Waals surface area contributed by atoms with Gasteiger partial charge in [-0.1, -0.05) is 11.6 Å². The number of phenols is 1. The summed E-state index contributed by atoms with van der Waals surface area (Å²) in [5.41, 5.74) is 1.65. The lowest BCUT2D eigenvalue weighted by molar-refractivity contribution is 0.467. The largest absolute Gasteiger partial charge is 0.508 e. The quantitative estimate of drug-likeness (QED) is 0.906. The number of benzene rings is 2. The second-order valence-electron chi connectivity index (χ2n) is 4.26. The van der Waals surface area contributed by atoms with Crippen LogP contribution in [0.2, 0.25) is 5.02 Å². The average molecular weight is 280 g/mol. The molecule has 0 aliphatic rings. The zero-order valence-corrected chi connectivity index (χ0v) is 11.4. The van der Waals surface area contributed by atoms with Crippen molar-refractivity contribution in [2.75, 3.05) is 11.4 Å². The van der Waals surface area contributed by atoms with Crippen molar-refractivity contribution in [3.8, 4) is 5.75 Å². The molecule has 0 amide bonds. The molecular weight excluding hydrogens is 265 g/mol. The first-order valence-electron chi connectivity index (χ1n) is 6.08. The first-order valence-corrected chi connectivity index (χ1v) is 6.46. The van der Waals surface area contributed by atoms with Gasteiger partial charge >= 0.3 is 0 Å². The molecule has 2 rings (SSSR count). The Balaban J connectivity index is 2.23. The molecule has 19 heavy (non-hydrogen) atoms. The molecule has 2 aromatic carbocycles. The molecule has 0 aliphatic carbocycles. The Kier molecular flexibility index (Phi) is 4.27. The topological polar surface area (TPSA) is 23.5 Å². The second kappa shape index (κ2) is 5.93. The summed E-state index contributed by atoms with van der Waals surface area (Å²) in [6.45, 7) is 3.27. The molecule has 1 N–H and O–H groups in total. The fourth-order valence-corrected chi connectivity index (χ4v) is 2.12. The van der Waals surface area contributed by atoms with Crippen molar-refractivity contribution in [3.05, 3.63) is 58.9 Å². The fourth-order valence-electron chi connectivity index (χ4n) is 1.92. The predicted octanol–water partition coefficient (Wildman–Crippen LogP) is 4.21. The van der Waals surface area contributed by atoms with Crippen LogP contribution < -0.4 is 4.90 Å². The van der Waals surface area contributed by atoms with E-state index in [4.69, 9.17) is 11.6 Å². The lowest BCUT2D eigenvalue weighted by atomic mass is 10.1. The number of hydrogen-bond acceptors (Lipinski definition) is 2. The summed E-state index contributed by atoms with van der Waals surface area (Å²) in [6.07, 6.45) is 0. The number of phenolic OH excluding ortho intramolecular Hbond substituents is 1. The third-order valence-electron chi connectivity index (χ3n) is 2.98. The number of halogens is 2. The van der Waals surface area contributed by atoms with Crippen LogP contribution in [0.3, 0.4) is 0 Å². The first-order chi connectivity index (χ1) is 9.10. The zero-order valence-electron chi connectivity index (χ0n) is 10.6. The zero-order chi connectivity index (χ0) is 13.8. The van der Waals surface area contributed by atoms with Gasteiger partial charge in [0.1, 0.15) is 11.6 Å². The van der Waals surface area contributed by atoms with Crippen LogP contribution in [-0.4, -0.2) is 11.7 Å². The molecule has 0 atom stereocenters. The van der Waals surface area contributed by atoms with E-state index in [0.29, 0.717) is 11.6 Å². The van der Waals surface area contributed by atoms with E-state index in [0.717, 1.165) is 17.8 Å². The van der Waals surface area contributed by atoms with Crippen LogP contribution in [0.15, 0.2) is 42.5 Å². The fraction of sp³-hybridized carbons (Fsp3) is 0.200. The molecule has 0 spiro atoms. The molecule has 0 saturated heterocycles. The summed E-state index contributed by atoms with van der Waals surface area (Å²) >= 11 is 5.93. The summed E-state index contributed by atoms with van der Waals surface area (Å²) in [5.74, 6) is -0.0460. The Labute approximate surface area is 117 Å². The molecule has 0 aromatic heterocycles. The predicted molar refractivity (Wildman–Crippen MR) is 76.2 cm³/mol. The maximum atomic E-state index is 12.9. The molecule has 0 saturated carbocycles. The smallest absolute Gasteiger partial charge is 0.123 e. The van der Waals surface area contributed by atoms with Gasteiger partial charge in [0.25, 0.3) is 0 Å².